The van der Waals surface area contributed by atoms with Gasteiger partial charge in [-0.3, -0.25) is 0 Å². The summed E-state index contributed by atoms with van der Waals surface area (Å²) in [6.45, 7) is 10.8. The number of benzene rings is 1. The largest absolute Gasteiger partial charge is 0.311 e. The Morgan fingerprint density at radius 2 is 1.90 bits per heavy atom. The van der Waals surface area contributed by atoms with Gasteiger partial charge in [0.15, 0.2) is 0 Å². The van der Waals surface area contributed by atoms with Gasteiger partial charge < -0.3 is 9.88 Å². The van der Waals surface area contributed by atoms with Gasteiger partial charge in [-0.25, -0.2) is 4.98 Å². The Morgan fingerprint density at radius 3 is 2.57 bits per heavy atom. The summed E-state index contributed by atoms with van der Waals surface area (Å²) in [5, 5.41) is 3.43. The predicted octanol–water partition coefficient (Wildman–Crippen LogP) is 3.33. The molecular formula is C18H25N3. The van der Waals surface area contributed by atoms with Gasteiger partial charge in [-0.1, -0.05) is 19.9 Å². The van der Waals surface area contributed by atoms with Crippen molar-refractivity contribution in [3.05, 3.63) is 46.5 Å². The van der Waals surface area contributed by atoms with Crippen LogP contribution in [0.3, 0.4) is 0 Å². The molecule has 0 saturated carbocycles. The van der Waals surface area contributed by atoms with Gasteiger partial charge in [0.2, 0.25) is 0 Å². The lowest BCUT2D eigenvalue weighted by Gasteiger charge is -2.17. The number of hydrogen-bond acceptors (Lipinski definition) is 2. The molecule has 0 spiro atoms. The van der Waals surface area contributed by atoms with E-state index in [9.17, 15) is 0 Å². The Morgan fingerprint density at radius 1 is 1.19 bits per heavy atom. The van der Waals surface area contributed by atoms with Gasteiger partial charge in [-0.2, -0.15) is 0 Å². The van der Waals surface area contributed by atoms with E-state index in [1.165, 1.54) is 34.0 Å². The number of rotatable bonds is 3. The standard InChI is InChI=1S/C18H25N3/c1-12(2)7-18-20-16-11-19-6-5-17(16)21(18)15-9-13(3)8-14(4)10-15/h8-10,12,19H,5-7,11H2,1-4H3. The first-order valence-electron chi connectivity index (χ1n) is 7.93. The Bertz CT molecular complexity index is 632. The van der Waals surface area contributed by atoms with Crippen molar-refractivity contribution in [2.75, 3.05) is 6.54 Å². The molecule has 3 nitrogen and oxygen atoms in total. The van der Waals surface area contributed by atoms with Gasteiger partial charge in [0.1, 0.15) is 5.82 Å². The maximum atomic E-state index is 4.93. The molecule has 0 saturated heterocycles. The Balaban J connectivity index is 2.16. The molecule has 0 bridgehead atoms. The smallest absolute Gasteiger partial charge is 0.114 e. The summed E-state index contributed by atoms with van der Waals surface area (Å²) in [4.78, 5) is 4.93. The van der Waals surface area contributed by atoms with Crippen molar-refractivity contribution in [2.45, 2.75) is 47.1 Å². The van der Waals surface area contributed by atoms with Crippen LogP contribution in [0.15, 0.2) is 18.2 Å². The van der Waals surface area contributed by atoms with Crippen molar-refractivity contribution in [3.63, 3.8) is 0 Å². The summed E-state index contributed by atoms with van der Waals surface area (Å²) in [5.41, 5.74) is 6.54. The molecule has 1 N–H and O–H groups in total. The van der Waals surface area contributed by atoms with Crippen LogP contribution in [0, 0.1) is 19.8 Å². The summed E-state index contributed by atoms with van der Waals surface area (Å²) in [6, 6.07) is 6.79. The van der Waals surface area contributed by atoms with Gasteiger partial charge >= 0.3 is 0 Å². The molecule has 2 aromatic rings. The van der Waals surface area contributed by atoms with Crippen LogP contribution in [0.2, 0.25) is 0 Å². The molecule has 0 aliphatic carbocycles. The van der Waals surface area contributed by atoms with Crippen molar-refractivity contribution in [2.24, 2.45) is 5.92 Å². The fourth-order valence-electron chi connectivity index (χ4n) is 3.25. The summed E-state index contributed by atoms with van der Waals surface area (Å²) < 4.78 is 2.41. The summed E-state index contributed by atoms with van der Waals surface area (Å²) in [6.07, 6.45) is 2.09. The third-order valence-electron chi connectivity index (χ3n) is 4.01. The molecule has 112 valence electrons. The quantitative estimate of drug-likeness (QED) is 0.936. The number of nitrogens with zero attached hydrogens (tertiary/aromatic N) is 2. The summed E-state index contributed by atoms with van der Waals surface area (Å²) >= 11 is 0. The second kappa shape index (κ2) is 5.64. The second-order valence-corrected chi connectivity index (χ2v) is 6.63. The molecule has 1 aromatic carbocycles. The number of nitrogens with one attached hydrogen (secondary N) is 1. The molecule has 2 heterocycles. The molecule has 1 aromatic heterocycles. The Labute approximate surface area is 127 Å². The van der Waals surface area contributed by atoms with Crippen LogP contribution in [-0.4, -0.2) is 16.1 Å². The molecule has 0 unspecified atom stereocenters. The third kappa shape index (κ3) is 2.88. The van der Waals surface area contributed by atoms with E-state index in [-0.39, 0.29) is 0 Å². The van der Waals surface area contributed by atoms with Crippen LogP contribution in [0.25, 0.3) is 5.69 Å². The van der Waals surface area contributed by atoms with Crippen LogP contribution in [0.4, 0.5) is 0 Å². The highest BCUT2D eigenvalue weighted by Gasteiger charge is 2.21. The molecule has 1 aliphatic rings. The van der Waals surface area contributed by atoms with Crippen molar-refractivity contribution < 1.29 is 0 Å². The first-order valence-corrected chi connectivity index (χ1v) is 7.93. The van der Waals surface area contributed by atoms with Crippen LogP contribution < -0.4 is 5.32 Å². The van der Waals surface area contributed by atoms with Gasteiger partial charge in [0, 0.05) is 37.3 Å². The van der Waals surface area contributed by atoms with E-state index < -0.39 is 0 Å². The van der Waals surface area contributed by atoms with E-state index in [4.69, 9.17) is 4.98 Å². The van der Waals surface area contributed by atoms with Crippen molar-refractivity contribution >= 4 is 0 Å². The lowest BCUT2D eigenvalue weighted by atomic mass is 10.1. The molecule has 0 radical (unpaired) electrons. The average molecular weight is 283 g/mol. The maximum Gasteiger partial charge on any atom is 0.114 e. The van der Waals surface area contributed by atoms with E-state index in [0.29, 0.717) is 5.92 Å². The molecular weight excluding hydrogens is 258 g/mol. The molecule has 0 atom stereocenters. The topological polar surface area (TPSA) is 29.9 Å². The Hall–Kier alpha value is -1.61. The first-order chi connectivity index (χ1) is 10.0. The molecule has 1 aliphatic heterocycles. The molecule has 3 rings (SSSR count). The monoisotopic (exact) mass is 283 g/mol. The number of imidazole rings is 1. The lowest BCUT2D eigenvalue weighted by molar-refractivity contribution is 0.608. The lowest BCUT2D eigenvalue weighted by Crippen LogP contribution is -2.24. The molecule has 21 heavy (non-hydrogen) atoms. The minimum Gasteiger partial charge on any atom is -0.311 e. The van der Waals surface area contributed by atoms with Crippen molar-refractivity contribution in [1.82, 2.24) is 14.9 Å². The summed E-state index contributed by atoms with van der Waals surface area (Å²) in [5.74, 6) is 1.83. The number of hydrogen-bond donors (Lipinski definition) is 1. The highest BCUT2D eigenvalue weighted by molar-refractivity contribution is 5.43. The zero-order valence-corrected chi connectivity index (χ0v) is 13.5. The first kappa shape index (κ1) is 14.3. The Kier molecular flexibility index (Phi) is 3.85. The van der Waals surface area contributed by atoms with Crippen LogP contribution >= 0.6 is 0 Å². The predicted molar refractivity (Wildman–Crippen MR) is 87.0 cm³/mol. The molecule has 0 amide bonds. The van der Waals surface area contributed by atoms with Crippen LogP contribution in [0.5, 0.6) is 0 Å². The fourth-order valence-corrected chi connectivity index (χ4v) is 3.25. The minimum atomic E-state index is 0.617. The molecule has 0 fully saturated rings. The highest BCUT2D eigenvalue weighted by atomic mass is 15.1. The van der Waals surface area contributed by atoms with Gasteiger partial charge in [-0.05, 0) is 43.0 Å². The van der Waals surface area contributed by atoms with Gasteiger partial charge in [-0.15, -0.1) is 0 Å². The minimum absolute atomic E-state index is 0.617. The van der Waals surface area contributed by atoms with E-state index in [1.54, 1.807) is 0 Å². The summed E-state index contributed by atoms with van der Waals surface area (Å²) in [7, 11) is 0. The van der Waals surface area contributed by atoms with Crippen molar-refractivity contribution in [1.29, 1.82) is 0 Å². The zero-order chi connectivity index (χ0) is 15.0. The highest BCUT2D eigenvalue weighted by Crippen LogP contribution is 2.24. The zero-order valence-electron chi connectivity index (χ0n) is 13.5. The maximum absolute atomic E-state index is 4.93. The second-order valence-electron chi connectivity index (χ2n) is 6.63. The third-order valence-corrected chi connectivity index (χ3v) is 4.01. The van der Waals surface area contributed by atoms with E-state index in [2.05, 4.69) is 55.8 Å². The average Bonchev–Trinajstić information content (AvgIpc) is 2.74. The molecule has 3 heteroatoms. The van der Waals surface area contributed by atoms with Crippen molar-refractivity contribution in [3.8, 4) is 5.69 Å². The van der Waals surface area contributed by atoms with E-state index in [1.807, 2.05) is 0 Å². The van der Waals surface area contributed by atoms with Crippen LogP contribution in [0.1, 0.15) is 42.2 Å². The number of aromatic nitrogens is 2. The van der Waals surface area contributed by atoms with Gasteiger partial charge in [0.05, 0.1) is 5.69 Å². The normalized spacial score (nSPS) is 14.5. The fraction of sp³-hybridized carbons (Fsp3) is 0.500. The van der Waals surface area contributed by atoms with E-state index in [0.717, 1.165) is 25.9 Å². The SMILES string of the molecule is Cc1cc(C)cc(-n2c(CC(C)C)nc3c2CCNC3)c1. The van der Waals surface area contributed by atoms with E-state index >= 15 is 0 Å². The van der Waals surface area contributed by atoms with Gasteiger partial charge in [0.25, 0.3) is 0 Å². The number of aryl methyl sites for hydroxylation is 2. The van der Waals surface area contributed by atoms with Crippen LogP contribution in [-0.2, 0) is 19.4 Å². The number of fused-ring (bicyclic) bond motifs is 1.